The molecular weight excluding hydrogens is 402 g/mol. The number of para-hydroxylation sites is 1. The number of benzene rings is 1. The van der Waals surface area contributed by atoms with Crippen molar-refractivity contribution in [3.63, 3.8) is 0 Å². The van der Waals surface area contributed by atoms with E-state index in [4.69, 9.17) is 16.3 Å². The van der Waals surface area contributed by atoms with E-state index in [1.54, 1.807) is 13.0 Å². The molecule has 1 aromatic carbocycles. The van der Waals surface area contributed by atoms with E-state index >= 15 is 0 Å². The highest BCUT2D eigenvalue weighted by atomic mass is 35.5. The van der Waals surface area contributed by atoms with Crippen molar-refractivity contribution in [2.45, 2.75) is 33.2 Å². The summed E-state index contributed by atoms with van der Waals surface area (Å²) in [5.41, 5.74) is 3.29. The van der Waals surface area contributed by atoms with Crippen LogP contribution in [0.4, 0.5) is 5.69 Å². The Labute approximate surface area is 180 Å². The molecule has 0 saturated carbocycles. The number of aryl methyl sites for hydroxylation is 1. The Morgan fingerprint density at radius 3 is 2.73 bits per heavy atom. The van der Waals surface area contributed by atoms with Crippen molar-refractivity contribution in [1.29, 1.82) is 0 Å². The number of carbonyl (C=O) groups is 1. The van der Waals surface area contributed by atoms with Gasteiger partial charge in [-0.1, -0.05) is 29.8 Å². The van der Waals surface area contributed by atoms with E-state index in [0.29, 0.717) is 22.2 Å². The van der Waals surface area contributed by atoms with Crippen LogP contribution in [0.3, 0.4) is 0 Å². The molecular formula is C23H26ClN3O3. The summed E-state index contributed by atoms with van der Waals surface area (Å²) in [5.74, 6) is 0.477. The van der Waals surface area contributed by atoms with Crippen LogP contribution >= 0.6 is 11.6 Å². The second-order valence-corrected chi connectivity index (χ2v) is 8.33. The smallest absolute Gasteiger partial charge is 0.273 e. The average molecular weight is 428 g/mol. The summed E-state index contributed by atoms with van der Waals surface area (Å²) < 4.78 is 7.74. The molecule has 6 nitrogen and oxygen atoms in total. The van der Waals surface area contributed by atoms with Gasteiger partial charge in [-0.3, -0.25) is 9.59 Å². The topological polar surface area (TPSA) is 76.1 Å². The van der Waals surface area contributed by atoms with Gasteiger partial charge in [0.2, 0.25) is 0 Å². The van der Waals surface area contributed by atoms with Crippen molar-refractivity contribution in [3.8, 4) is 0 Å². The van der Waals surface area contributed by atoms with Crippen molar-refractivity contribution >= 4 is 34.0 Å². The fourth-order valence-corrected chi connectivity index (χ4v) is 4.59. The Morgan fingerprint density at radius 2 is 2.00 bits per heavy atom. The Kier molecular flexibility index (Phi) is 5.97. The Morgan fingerprint density at radius 1 is 1.27 bits per heavy atom. The van der Waals surface area contributed by atoms with Crippen molar-refractivity contribution in [3.05, 3.63) is 62.7 Å². The zero-order valence-electron chi connectivity index (χ0n) is 17.3. The molecule has 0 bridgehead atoms. The van der Waals surface area contributed by atoms with Gasteiger partial charge in [-0.2, -0.15) is 0 Å². The fraction of sp³-hybridized carbons (Fsp3) is 0.391. The number of nitrogens with zero attached hydrogens (tertiary/aromatic N) is 1. The highest BCUT2D eigenvalue weighted by Gasteiger charge is 2.23. The second kappa shape index (κ2) is 8.66. The number of aromatic nitrogens is 2. The van der Waals surface area contributed by atoms with E-state index in [1.165, 1.54) is 0 Å². The van der Waals surface area contributed by atoms with Gasteiger partial charge >= 0.3 is 0 Å². The van der Waals surface area contributed by atoms with E-state index in [-0.39, 0.29) is 23.6 Å². The standard InChI is InChI=1S/C23H26ClN3O3/c1-14-11-18(24)22(23(29)26-14)25-12-20(28)21-15(2)27(13-16-7-9-30-10-8-16)19-6-4-3-5-17(19)21/h3-6,11,16,25H,7-10,12-13H2,1-2H3,(H,26,29). The molecule has 0 unspecified atom stereocenters. The van der Waals surface area contributed by atoms with Crippen molar-refractivity contribution in [2.75, 3.05) is 25.1 Å². The molecule has 30 heavy (non-hydrogen) atoms. The molecule has 2 aromatic heterocycles. The van der Waals surface area contributed by atoms with E-state index in [1.807, 2.05) is 25.1 Å². The number of aromatic amines is 1. The summed E-state index contributed by atoms with van der Waals surface area (Å²) in [6.07, 6.45) is 2.07. The number of hydrogen-bond donors (Lipinski definition) is 2. The molecule has 0 radical (unpaired) electrons. The van der Waals surface area contributed by atoms with E-state index in [2.05, 4.69) is 20.9 Å². The summed E-state index contributed by atoms with van der Waals surface area (Å²) >= 11 is 6.20. The van der Waals surface area contributed by atoms with Crippen LogP contribution in [0.15, 0.2) is 35.1 Å². The van der Waals surface area contributed by atoms with Crippen LogP contribution in [0.5, 0.6) is 0 Å². The maximum atomic E-state index is 13.2. The Hall–Kier alpha value is -2.57. The lowest BCUT2D eigenvalue weighted by Gasteiger charge is -2.23. The summed E-state index contributed by atoms with van der Waals surface area (Å²) in [7, 11) is 0. The maximum Gasteiger partial charge on any atom is 0.273 e. The Bertz CT molecular complexity index is 1140. The molecule has 1 fully saturated rings. The molecule has 158 valence electrons. The number of fused-ring (bicyclic) bond motifs is 1. The monoisotopic (exact) mass is 427 g/mol. The molecule has 3 aromatic rings. The van der Waals surface area contributed by atoms with Gasteiger partial charge in [0.25, 0.3) is 5.56 Å². The molecule has 1 aliphatic heterocycles. The predicted octanol–water partition coefficient (Wildman–Crippen LogP) is 4.32. The van der Waals surface area contributed by atoms with Crippen LogP contribution in [-0.2, 0) is 11.3 Å². The largest absolute Gasteiger partial charge is 0.381 e. The van der Waals surface area contributed by atoms with E-state index in [0.717, 1.165) is 49.2 Å². The van der Waals surface area contributed by atoms with Crippen molar-refractivity contribution in [2.24, 2.45) is 5.92 Å². The minimum Gasteiger partial charge on any atom is -0.381 e. The number of anilines is 1. The summed E-state index contributed by atoms with van der Waals surface area (Å²) in [6.45, 7) is 6.23. The van der Waals surface area contributed by atoms with E-state index < -0.39 is 0 Å². The van der Waals surface area contributed by atoms with Crippen LogP contribution in [0.2, 0.25) is 5.02 Å². The highest BCUT2D eigenvalue weighted by Crippen LogP contribution is 2.29. The van der Waals surface area contributed by atoms with E-state index in [9.17, 15) is 9.59 Å². The van der Waals surface area contributed by atoms with Gasteiger partial charge in [0, 0.05) is 47.6 Å². The number of Topliss-reactive ketones (excluding diaryl/α,β-unsaturated/α-hetero) is 1. The van der Waals surface area contributed by atoms with Crippen molar-refractivity contribution in [1.82, 2.24) is 9.55 Å². The number of halogens is 1. The number of H-pyrrole nitrogens is 1. The maximum absolute atomic E-state index is 13.2. The van der Waals surface area contributed by atoms with Crippen LogP contribution in [0.25, 0.3) is 10.9 Å². The number of ketones is 1. The number of carbonyl (C=O) groups excluding carboxylic acids is 1. The molecule has 7 heteroatoms. The molecule has 3 heterocycles. The Balaban J connectivity index is 1.63. The quantitative estimate of drug-likeness (QED) is 0.574. The fourth-order valence-electron chi connectivity index (χ4n) is 4.28. The normalized spacial score (nSPS) is 14.9. The van der Waals surface area contributed by atoms with Gasteiger partial charge in [0.1, 0.15) is 5.69 Å². The third-order valence-electron chi connectivity index (χ3n) is 5.84. The minimum atomic E-state index is -0.327. The molecule has 4 rings (SSSR count). The first kappa shape index (κ1) is 20.7. The first-order valence-electron chi connectivity index (χ1n) is 10.3. The van der Waals surface area contributed by atoms with Gasteiger partial charge in [-0.25, -0.2) is 0 Å². The number of nitrogens with one attached hydrogen (secondary N) is 2. The number of hydrogen-bond acceptors (Lipinski definition) is 4. The second-order valence-electron chi connectivity index (χ2n) is 7.93. The molecule has 1 saturated heterocycles. The third-order valence-corrected chi connectivity index (χ3v) is 6.13. The number of pyridine rings is 1. The summed E-state index contributed by atoms with van der Waals surface area (Å²) in [5, 5.41) is 4.19. The third kappa shape index (κ3) is 4.02. The van der Waals surface area contributed by atoms with Crippen molar-refractivity contribution < 1.29 is 9.53 Å². The molecule has 0 amide bonds. The van der Waals surface area contributed by atoms with Gasteiger partial charge in [0.05, 0.1) is 11.6 Å². The molecule has 0 spiro atoms. The number of rotatable bonds is 6. The van der Waals surface area contributed by atoms with Gasteiger partial charge < -0.3 is 19.6 Å². The lowest BCUT2D eigenvalue weighted by Crippen LogP contribution is -2.22. The van der Waals surface area contributed by atoms with Crippen LogP contribution in [0.1, 0.15) is 34.6 Å². The first-order valence-corrected chi connectivity index (χ1v) is 10.7. The molecule has 0 atom stereocenters. The number of ether oxygens (including phenoxy) is 1. The zero-order valence-corrected chi connectivity index (χ0v) is 18.0. The summed E-state index contributed by atoms with van der Waals surface area (Å²) in [4.78, 5) is 28.1. The highest BCUT2D eigenvalue weighted by molar-refractivity contribution is 6.33. The van der Waals surface area contributed by atoms with Gasteiger partial charge in [-0.15, -0.1) is 0 Å². The van der Waals surface area contributed by atoms with Crippen LogP contribution < -0.4 is 10.9 Å². The van der Waals surface area contributed by atoms with Gasteiger partial charge in [-0.05, 0) is 44.7 Å². The summed E-state index contributed by atoms with van der Waals surface area (Å²) in [6, 6.07) is 9.67. The lowest BCUT2D eigenvalue weighted by molar-refractivity contribution is 0.0614. The molecule has 0 aliphatic carbocycles. The van der Waals surface area contributed by atoms with Crippen LogP contribution in [-0.4, -0.2) is 35.1 Å². The molecule has 1 aliphatic rings. The van der Waals surface area contributed by atoms with Gasteiger partial charge in [0.15, 0.2) is 5.78 Å². The lowest BCUT2D eigenvalue weighted by atomic mass is 10.0. The average Bonchev–Trinajstić information content (AvgIpc) is 2.99. The SMILES string of the molecule is Cc1cc(Cl)c(NCC(=O)c2c(C)n(CC3CCOCC3)c3ccccc23)c(=O)[nH]1. The predicted molar refractivity (Wildman–Crippen MR) is 120 cm³/mol. The minimum absolute atomic E-state index is 0.00201. The first-order chi connectivity index (χ1) is 14.5. The zero-order chi connectivity index (χ0) is 21.3. The van der Waals surface area contributed by atoms with Crippen LogP contribution in [0, 0.1) is 19.8 Å². The molecule has 2 N–H and O–H groups in total.